The maximum absolute atomic E-state index is 13.0. The first-order valence-corrected chi connectivity index (χ1v) is 3.54. The van der Waals surface area contributed by atoms with Crippen LogP contribution in [0.1, 0.15) is 11.5 Å². The summed E-state index contributed by atoms with van der Waals surface area (Å²) in [6.45, 7) is 0. The lowest BCUT2D eigenvalue weighted by molar-refractivity contribution is 0.480. The van der Waals surface area contributed by atoms with Crippen LogP contribution in [0, 0.1) is 40.1 Å². The van der Waals surface area contributed by atoms with Crippen LogP contribution in [0.5, 0.6) is 0 Å². The van der Waals surface area contributed by atoms with Crippen molar-refractivity contribution in [3.8, 4) is 12.1 Å². The average Bonchev–Trinajstić information content (AvgIpc) is 2.19. The van der Waals surface area contributed by atoms with Crippen molar-refractivity contribution < 1.29 is 13.2 Å². The van der Waals surface area contributed by atoms with Crippen molar-refractivity contribution in [3.05, 3.63) is 35.1 Å². The lowest BCUT2D eigenvalue weighted by Crippen LogP contribution is -2.03. The Bertz CT molecular complexity index is 429. The number of hydrogen-bond donors (Lipinski definition) is 0. The van der Waals surface area contributed by atoms with Crippen LogP contribution >= 0.6 is 0 Å². The van der Waals surface area contributed by atoms with E-state index in [0.717, 1.165) is 0 Å². The van der Waals surface area contributed by atoms with Crippen molar-refractivity contribution in [3.63, 3.8) is 0 Å². The minimum absolute atomic E-state index is 0.597. The predicted octanol–water partition coefficient (Wildman–Crippen LogP) is 2.23. The Hall–Kier alpha value is -2.01. The number of nitriles is 2. The van der Waals surface area contributed by atoms with Gasteiger partial charge in [-0.25, -0.2) is 13.2 Å². The molecule has 0 heterocycles. The highest BCUT2D eigenvalue weighted by Gasteiger charge is 2.22. The van der Waals surface area contributed by atoms with Crippen molar-refractivity contribution in [1.29, 1.82) is 10.5 Å². The van der Waals surface area contributed by atoms with E-state index in [9.17, 15) is 13.2 Å². The molecule has 14 heavy (non-hydrogen) atoms. The highest BCUT2D eigenvalue weighted by molar-refractivity contribution is 5.34. The van der Waals surface area contributed by atoms with Gasteiger partial charge < -0.3 is 0 Å². The highest BCUT2D eigenvalue weighted by atomic mass is 19.2. The van der Waals surface area contributed by atoms with Gasteiger partial charge in [-0.1, -0.05) is 0 Å². The summed E-state index contributed by atoms with van der Waals surface area (Å²) >= 11 is 0. The van der Waals surface area contributed by atoms with Gasteiger partial charge in [0.2, 0.25) is 0 Å². The first kappa shape index (κ1) is 10.1. The molecule has 1 aromatic carbocycles. The molecule has 0 aliphatic heterocycles. The second-order valence-corrected chi connectivity index (χ2v) is 2.45. The second-order valence-electron chi connectivity index (χ2n) is 2.45. The first-order chi connectivity index (χ1) is 6.61. The number of hydrogen-bond acceptors (Lipinski definition) is 2. The molecule has 70 valence electrons. The fraction of sp³-hybridized carbons (Fsp3) is 0.111. The van der Waals surface area contributed by atoms with Crippen molar-refractivity contribution in [2.45, 2.75) is 5.92 Å². The molecule has 5 heteroatoms. The molecule has 0 unspecified atom stereocenters. The number of benzene rings is 1. The summed E-state index contributed by atoms with van der Waals surface area (Å²) in [5, 5.41) is 16.8. The van der Waals surface area contributed by atoms with Gasteiger partial charge in [-0.2, -0.15) is 10.5 Å². The van der Waals surface area contributed by atoms with Crippen LogP contribution in [0.3, 0.4) is 0 Å². The van der Waals surface area contributed by atoms with Crippen LogP contribution in [0.15, 0.2) is 12.1 Å². The molecule has 0 fully saturated rings. The Kier molecular flexibility index (Phi) is 2.73. The number of halogens is 3. The van der Waals surface area contributed by atoms with E-state index in [4.69, 9.17) is 10.5 Å². The third kappa shape index (κ3) is 1.53. The quantitative estimate of drug-likeness (QED) is 0.646. The molecule has 0 radical (unpaired) electrons. The van der Waals surface area contributed by atoms with E-state index in [1.165, 1.54) is 12.1 Å². The van der Waals surface area contributed by atoms with E-state index in [1.807, 2.05) is 0 Å². The zero-order valence-corrected chi connectivity index (χ0v) is 6.76. The highest BCUT2D eigenvalue weighted by Crippen LogP contribution is 2.23. The molecule has 1 rings (SSSR count). The van der Waals surface area contributed by atoms with E-state index >= 15 is 0 Å². The van der Waals surface area contributed by atoms with Gasteiger partial charge in [0.15, 0.2) is 17.6 Å². The second kappa shape index (κ2) is 3.80. The number of rotatable bonds is 1. The molecular weight excluding hydrogens is 193 g/mol. The van der Waals surface area contributed by atoms with Crippen molar-refractivity contribution >= 4 is 0 Å². The van der Waals surface area contributed by atoms with Crippen LogP contribution in [-0.4, -0.2) is 0 Å². The molecular formula is C9H3F3N2. The molecule has 0 atom stereocenters. The normalized spacial score (nSPS) is 9.57. The standard InChI is InChI=1S/C9H3F3N2/c10-6-1-2-7(11)9(12)8(6)5(3-13)4-14/h1-2,5H. The van der Waals surface area contributed by atoms with Crippen LogP contribution in [0.2, 0.25) is 0 Å². The van der Waals surface area contributed by atoms with Crippen molar-refractivity contribution in [2.75, 3.05) is 0 Å². The number of nitrogens with zero attached hydrogens (tertiary/aromatic N) is 2. The summed E-state index contributed by atoms with van der Waals surface area (Å²) in [4.78, 5) is 0. The van der Waals surface area contributed by atoms with E-state index in [0.29, 0.717) is 12.1 Å². The molecule has 0 aliphatic carbocycles. The fourth-order valence-electron chi connectivity index (χ4n) is 0.965. The van der Waals surface area contributed by atoms with E-state index in [-0.39, 0.29) is 0 Å². The summed E-state index contributed by atoms with van der Waals surface area (Å²) < 4.78 is 38.5. The van der Waals surface area contributed by atoms with Gasteiger partial charge in [0, 0.05) is 0 Å². The summed E-state index contributed by atoms with van der Waals surface area (Å²) in [6.07, 6.45) is 0. The van der Waals surface area contributed by atoms with Gasteiger partial charge >= 0.3 is 0 Å². The SMILES string of the molecule is N#CC(C#N)c1c(F)ccc(F)c1F. The zero-order valence-electron chi connectivity index (χ0n) is 6.76. The lowest BCUT2D eigenvalue weighted by Gasteiger charge is -2.04. The lowest BCUT2D eigenvalue weighted by atomic mass is 10.0. The molecule has 1 aromatic rings. The van der Waals surface area contributed by atoms with Gasteiger partial charge in [0.1, 0.15) is 5.82 Å². The summed E-state index contributed by atoms with van der Waals surface area (Å²) in [5.41, 5.74) is -0.838. The van der Waals surface area contributed by atoms with E-state index in [2.05, 4.69) is 0 Å². The van der Waals surface area contributed by atoms with Gasteiger partial charge in [-0.3, -0.25) is 0 Å². The summed E-state index contributed by atoms with van der Waals surface area (Å²) in [7, 11) is 0. The summed E-state index contributed by atoms with van der Waals surface area (Å²) in [5.74, 6) is -5.50. The molecule has 0 aromatic heterocycles. The maximum Gasteiger partial charge on any atom is 0.167 e. The van der Waals surface area contributed by atoms with Gasteiger partial charge in [0.05, 0.1) is 17.7 Å². The molecule has 0 aliphatic rings. The summed E-state index contributed by atoms with van der Waals surface area (Å²) in [6, 6.07) is 4.01. The van der Waals surface area contributed by atoms with Crippen LogP contribution in [0.25, 0.3) is 0 Å². The molecule has 0 amide bonds. The Morgan fingerprint density at radius 3 is 2.00 bits per heavy atom. The van der Waals surface area contributed by atoms with Gasteiger partial charge in [-0.15, -0.1) is 0 Å². The average molecular weight is 196 g/mol. The topological polar surface area (TPSA) is 47.6 Å². The monoisotopic (exact) mass is 196 g/mol. The predicted molar refractivity (Wildman–Crippen MR) is 40.3 cm³/mol. The van der Waals surface area contributed by atoms with Crippen LogP contribution < -0.4 is 0 Å². The molecule has 0 saturated heterocycles. The molecule has 0 spiro atoms. The minimum Gasteiger partial charge on any atom is -0.206 e. The molecule has 0 saturated carbocycles. The Morgan fingerprint density at radius 1 is 1.00 bits per heavy atom. The van der Waals surface area contributed by atoms with Crippen LogP contribution in [-0.2, 0) is 0 Å². The Balaban J connectivity index is 3.42. The Morgan fingerprint density at radius 2 is 1.50 bits per heavy atom. The smallest absolute Gasteiger partial charge is 0.167 e. The molecule has 2 nitrogen and oxygen atoms in total. The maximum atomic E-state index is 13.0. The van der Waals surface area contributed by atoms with Crippen LogP contribution in [0.4, 0.5) is 13.2 Å². The van der Waals surface area contributed by atoms with E-state index in [1.54, 1.807) is 0 Å². The van der Waals surface area contributed by atoms with Crippen molar-refractivity contribution in [1.82, 2.24) is 0 Å². The fourth-order valence-corrected chi connectivity index (χ4v) is 0.965. The largest absolute Gasteiger partial charge is 0.206 e. The molecule has 0 N–H and O–H groups in total. The van der Waals surface area contributed by atoms with Crippen molar-refractivity contribution in [2.24, 2.45) is 0 Å². The minimum atomic E-state index is -1.63. The first-order valence-electron chi connectivity index (χ1n) is 3.54. The zero-order chi connectivity index (χ0) is 10.7. The molecule has 0 bridgehead atoms. The third-order valence-electron chi connectivity index (χ3n) is 1.63. The Labute approximate surface area is 77.8 Å². The van der Waals surface area contributed by atoms with E-state index < -0.39 is 28.9 Å². The third-order valence-corrected chi connectivity index (χ3v) is 1.63. The van der Waals surface area contributed by atoms with Gasteiger partial charge in [-0.05, 0) is 12.1 Å². The van der Waals surface area contributed by atoms with Gasteiger partial charge in [0.25, 0.3) is 0 Å².